The largest absolute Gasteiger partial charge is 0.478 e. The lowest BCUT2D eigenvalue weighted by Crippen LogP contribution is -2.40. The van der Waals surface area contributed by atoms with Crippen molar-refractivity contribution in [1.82, 2.24) is 39.7 Å². The third-order valence-corrected chi connectivity index (χ3v) is 15.6. The zero-order valence-electron chi connectivity index (χ0n) is 49.7. The number of fused-ring (bicyclic) bond motifs is 2. The minimum atomic E-state index is -1.14. The van der Waals surface area contributed by atoms with E-state index in [1.165, 1.54) is 86.6 Å². The molecule has 12 rings (SSSR count). The summed E-state index contributed by atoms with van der Waals surface area (Å²) >= 11 is 0. The number of ether oxygens (including phenoxy) is 4. The molecule has 476 valence electrons. The fraction of sp³-hybridized carbons (Fsp3) is 0.206. The van der Waals surface area contributed by atoms with Gasteiger partial charge in [0.1, 0.15) is 59.8 Å². The van der Waals surface area contributed by atoms with E-state index in [1.807, 2.05) is 12.1 Å². The van der Waals surface area contributed by atoms with Crippen LogP contribution in [0.25, 0.3) is 44.6 Å². The lowest BCUT2D eigenvalue weighted by Gasteiger charge is -2.23. The molecule has 0 bridgehead atoms. The normalized spacial score (nSPS) is 15.8. The van der Waals surface area contributed by atoms with Gasteiger partial charge >= 0.3 is 11.9 Å². The molecule has 0 saturated carbocycles. The molecule has 2 amide bonds. The maximum Gasteiger partial charge on any atom is 0.335 e. The molecule has 26 heteroatoms. The molecular weight excluding hydrogens is 1230 g/mol. The van der Waals surface area contributed by atoms with Gasteiger partial charge in [0.05, 0.1) is 118 Å². The fourth-order valence-corrected chi connectivity index (χ4v) is 11.2. The van der Waals surface area contributed by atoms with Crippen molar-refractivity contribution in [2.24, 2.45) is 0 Å². The molecule has 2 aliphatic heterocycles. The number of pyridine rings is 2. The highest BCUT2D eigenvalue weighted by atomic mass is 19.1. The van der Waals surface area contributed by atoms with E-state index in [0.717, 1.165) is 36.4 Å². The van der Waals surface area contributed by atoms with Crippen LogP contribution in [-0.4, -0.2) is 102 Å². The third kappa shape index (κ3) is 14.0. The fourth-order valence-electron chi connectivity index (χ4n) is 11.2. The number of carbonyl (C=O) groups excluding carboxylic acids is 2. The summed E-state index contributed by atoms with van der Waals surface area (Å²) in [6.07, 6.45) is -0.313. The predicted molar refractivity (Wildman–Crippen MR) is 324 cm³/mol. The van der Waals surface area contributed by atoms with Crippen LogP contribution in [0.4, 0.5) is 26.3 Å². The van der Waals surface area contributed by atoms with Gasteiger partial charge in [-0.3, -0.25) is 9.59 Å². The average molecular weight is 1280 g/mol. The number of nitrogens with one attached hydrogen (secondary N) is 2. The summed E-state index contributed by atoms with van der Waals surface area (Å²) in [4.78, 5) is 65.0. The second-order valence-electron chi connectivity index (χ2n) is 22.0. The van der Waals surface area contributed by atoms with Gasteiger partial charge in [-0.15, -0.1) is 0 Å². The number of nitrogens with zero attached hydrogens (tertiary/aromatic N) is 8. The van der Waals surface area contributed by atoms with Crippen LogP contribution in [0.2, 0.25) is 0 Å². The molecule has 4 N–H and O–H groups in total. The molecule has 4 atom stereocenters. The van der Waals surface area contributed by atoms with Gasteiger partial charge in [0.25, 0.3) is 0 Å². The minimum Gasteiger partial charge on any atom is -0.478 e. The summed E-state index contributed by atoms with van der Waals surface area (Å²) in [6, 6.07) is 31.7. The number of rotatable bonds is 18. The molecule has 6 aromatic carbocycles. The van der Waals surface area contributed by atoms with Gasteiger partial charge in [0.2, 0.25) is 23.6 Å². The zero-order chi connectivity index (χ0) is 66.5. The number of benzene rings is 6. The number of aromatic carboxylic acids is 2. The Hall–Kier alpha value is -11.5. The van der Waals surface area contributed by atoms with Gasteiger partial charge in [-0.25, -0.2) is 55.9 Å². The first kappa shape index (κ1) is 64.1. The van der Waals surface area contributed by atoms with E-state index < -0.39 is 71.0 Å². The molecule has 2 aliphatic rings. The van der Waals surface area contributed by atoms with Crippen molar-refractivity contribution in [2.75, 3.05) is 26.4 Å². The number of nitriles is 2. The van der Waals surface area contributed by atoms with Crippen molar-refractivity contribution < 1.29 is 74.7 Å². The van der Waals surface area contributed by atoms with Gasteiger partial charge in [-0.1, -0.05) is 24.3 Å². The topological polar surface area (TPSA) is 279 Å². The second kappa shape index (κ2) is 27.5. The predicted octanol–water partition coefficient (Wildman–Crippen LogP) is 10.7. The van der Waals surface area contributed by atoms with E-state index in [0.29, 0.717) is 33.7 Å². The highest BCUT2D eigenvalue weighted by molar-refractivity contribution is 5.93. The lowest BCUT2D eigenvalue weighted by atomic mass is 10.0. The monoisotopic (exact) mass is 1280 g/mol. The summed E-state index contributed by atoms with van der Waals surface area (Å²) in [5.41, 5.74) is 2.41. The van der Waals surface area contributed by atoms with Crippen LogP contribution in [0.15, 0.2) is 133 Å². The van der Waals surface area contributed by atoms with Crippen LogP contribution < -0.4 is 20.1 Å². The number of carbonyl (C=O) groups is 4. The number of imidazole rings is 2. The molecule has 10 aromatic rings. The summed E-state index contributed by atoms with van der Waals surface area (Å²) in [7, 11) is 0. The number of aromatic nitrogens is 6. The molecule has 94 heavy (non-hydrogen) atoms. The zero-order valence-corrected chi connectivity index (χ0v) is 49.7. The van der Waals surface area contributed by atoms with E-state index in [1.54, 1.807) is 33.4 Å². The van der Waals surface area contributed by atoms with Crippen molar-refractivity contribution in [2.45, 2.75) is 64.1 Å². The van der Waals surface area contributed by atoms with Gasteiger partial charge in [-0.05, 0) is 108 Å². The maximum absolute atomic E-state index is 15.7. The van der Waals surface area contributed by atoms with Crippen LogP contribution in [0.5, 0.6) is 11.8 Å². The van der Waals surface area contributed by atoms with Crippen LogP contribution in [-0.2, 0) is 45.1 Å². The first-order valence-corrected chi connectivity index (χ1v) is 28.9. The van der Waals surface area contributed by atoms with E-state index >= 15 is 17.6 Å². The van der Waals surface area contributed by atoms with Gasteiger partial charge < -0.3 is 48.9 Å². The smallest absolute Gasteiger partial charge is 0.335 e. The Kier molecular flexibility index (Phi) is 18.8. The second-order valence-corrected chi connectivity index (χ2v) is 22.0. The van der Waals surface area contributed by atoms with Gasteiger partial charge in [0, 0.05) is 61.1 Å². The van der Waals surface area contributed by atoms with E-state index in [2.05, 4.69) is 30.6 Å². The average Bonchev–Trinajstić information content (AvgIpc) is 1.60. The van der Waals surface area contributed by atoms with Gasteiger partial charge in [-0.2, -0.15) is 10.5 Å². The van der Waals surface area contributed by atoms with Crippen molar-refractivity contribution in [3.05, 3.63) is 225 Å². The minimum absolute atomic E-state index is 0.0139. The standard InChI is InChI=1S/2C34H26F3N5O5/c2*1-18(43)39-29-16-46-17-31(29)42-30-11-20(34(44)45)7-8-28(30)40-32(42)12-22-10-26(37)23(13-25(22)36)27-3-2-4-33(41-27)47-15-21-6-5-19(14-38)9-24(21)35/h2*2-11,13,29,31H,12,15-17H2,1H3,(H,39,43)(H,44,45)/t2*29-,31+/m11/s1. The summed E-state index contributed by atoms with van der Waals surface area (Å²) < 4.78 is 117. The number of carboxylic acids is 2. The Labute approximate surface area is 530 Å². The molecule has 0 spiro atoms. The maximum atomic E-state index is 15.7. The van der Waals surface area contributed by atoms with Crippen molar-refractivity contribution in [1.29, 1.82) is 10.5 Å². The van der Waals surface area contributed by atoms with Crippen LogP contribution in [0, 0.1) is 57.6 Å². The van der Waals surface area contributed by atoms with Crippen molar-refractivity contribution >= 4 is 45.8 Å². The first-order chi connectivity index (χ1) is 45.2. The Bertz CT molecular complexity index is 4450. The van der Waals surface area contributed by atoms with Crippen LogP contribution in [0.3, 0.4) is 0 Å². The molecule has 2 saturated heterocycles. The Morgan fingerprint density at radius 1 is 0.511 bits per heavy atom. The van der Waals surface area contributed by atoms with Crippen LogP contribution >= 0.6 is 0 Å². The highest BCUT2D eigenvalue weighted by Gasteiger charge is 2.36. The van der Waals surface area contributed by atoms with Crippen molar-refractivity contribution in [3.8, 4) is 46.4 Å². The number of hydrogen-bond acceptors (Lipinski definition) is 14. The SMILES string of the molecule is CC(=O)N[C@@H]1COC[C@@H]1n1c(Cc2cc(F)c(-c3cccc(OCc4ccc(C#N)cc4F)n3)cc2F)nc2ccc(C(=O)O)cc21.CC(=O)N[C@@H]1COC[C@@H]1n1c(Cc2cc(F)c(-c3cccc(OCc4ccc(C#N)cc4F)n3)cc2F)nc2ccc(C(=O)O)cc21. The van der Waals surface area contributed by atoms with Crippen molar-refractivity contribution in [3.63, 3.8) is 0 Å². The number of amides is 2. The Balaban J connectivity index is 0.000000192. The Morgan fingerprint density at radius 2 is 0.915 bits per heavy atom. The highest BCUT2D eigenvalue weighted by Crippen LogP contribution is 2.35. The molecule has 0 unspecified atom stereocenters. The molecule has 0 radical (unpaired) electrons. The number of carboxylic acid groups (broad SMARTS) is 2. The van der Waals surface area contributed by atoms with Crippen LogP contribution in [0.1, 0.15) is 91.7 Å². The first-order valence-electron chi connectivity index (χ1n) is 28.9. The number of hydrogen-bond donors (Lipinski definition) is 4. The summed E-state index contributed by atoms with van der Waals surface area (Å²) in [6.45, 7) is 3.11. The molecule has 0 aliphatic carbocycles. The molecule has 20 nitrogen and oxygen atoms in total. The van der Waals surface area contributed by atoms with Gasteiger partial charge in [0.15, 0.2) is 0 Å². The Morgan fingerprint density at radius 3 is 1.29 bits per heavy atom. The third-order valence-electron chi connectivity index (χ3n) is 15.6. The number of halogens is 6. The molecule has 6 heterocycles. The molecule has 4 aromatic heterocycles. The summed E-state index contributed by atoms with van der Waals surface area (Å²) in [5.74, 6) is -6.34. The lowest BCUT2D eigenvalue weighted by molar-refractivity contribution is -0.120. The summed E-state index contributed by atoms with van der Waals surface area (Å²) in [5, 5.41) is 42.7. The van der Waals surface area contributed by atoms with E-state index in [4.69, 9.17) is 29.5 Å². The van der Waals surface area contributed by atoms with E-state index in [-0.39, 0.29) is 143 Å². The quantitative estimate of drug-likeness (QED) is 0.0581. The molecular formula is C68H52F6N10O10. The molecule has 2 fully saturated rings. The van der Waals surface area contributed by atoms with E-state index in [9.17, 15) is 38.2 Å².